The Morgan fingerprint density at radius 1 is 1.57 bits per heavy atom. The van der Waals surface area contributed by atoms with Gasteiger partial charge in [-0.15, -0.1) is 0 Å². The molecule has 0 fully saturated rings. The van der Waals surface area contributed by atoms with Crippen LogP contribution in [0.3, 0.4) is 0 Å². The third-order valence-corrected chi connectivity index (χ3v) is 1.93. The first-order valence-electron chi connectivity index (χ1n) is 4.23. The fourth-order valence-corrected chi connectivity index (χ4v) is 1.22. The van der Waals surface area contributed by atoms with Crippen LogP contribution < -0.4 is 0 Å². The average molecular weight is 190 g/mol. The Bertz CT molecular complexity index is 429. The molecule has 0 radical (unpaired) electrons. The molecule has 2 rings (SSSR count). The Morgan fingerprint density at radius 2 is 2.43 bits per heavy atom. The van der Waals surface area contributed by atoms with Crippen LogP contribution in [-0.4, -0.2) is 25.1 Å². The molecule has 2 aromatic heterocycles. The second-order valence-corrected chi connectivity index (χ2v) is 3.08. The number of rotatable bonds is 3. The maximum absolute atomic E-state index is 11.6. The van der Waals surface area contributed by atoms with Gasteiger partial charge < -0.3 is 4.57 Å². The van der Waals surface area contributed by atoms with Crippen molar-refractivity contribution in [2.24, 2.45) is 7.05 Å². The summed E-state index contributed by atoms with van der Waals surface area (Å²) < 4.78 is 3.35. The summed E-state index contributed by atoms with van der Waals surface area (Å²) >= 11 is 0. The minimum atomic E-state index is 0.0381. The molecule has 5 heteroatoms. The van der Waals surface area contributed by atoms with Crippen LogP contribution in [0.25, 0.3) is 0 Å². The van der Waals surface area contributed by atoms with Gasteiger partial charge in [-0.05, 0) is 6.07 Å². The van der Waals surface area contributed by atoms with Crippen LogP contribution in [0.1, 0.15) is 10.4 Å². The van der Waals surface area contributed by atoms with Gasteiger partial charge in [-0.25, -0.2) is 9.67 Å². The number of aryl methyl sites for hydroxylation is 1. The van der Waals surface area contributed by atoms with Crippen molar-refractivity contribution < 1.29 is 4.79 Å². The normalized spacial score (nSPS) is 10.4. The molecule has 0 unspecified atom stereocenters. The van der Waals surface area contributed by atoms with E-state index in [1.165, 1.54) is 17.3 Å². The van der Waals surface area contributed by atoms with Crippen molar-refractivity contribution in [1.82, 2.24) is 19.3 Å². The molecule has 0 saturated carbocycles. The molecular weight excluding hydrogens is 180 g/mol. The number of carbonyl (C=O) groups excluding carboxylic acids is 1. The van der Waals surface area contributed by atoms with E-state index in [0.29, 0.717) is 5.56 Å². The van der Waals surface area contributed by atoms with Gasteiger partial charge in [0.2, 0.25) is 0 Å². The van der Waals surface area contributed by atoms with Crippen molar-refractivity contribution in [2.75, 3.05) is 0 Å². The van der Waals surface area contributed by atoms with E-state index in [4.69, 9.17) is 0 Å². The zero-order valence-electron chi connectivity index (χ0n) is 7.79. The fraction of sp³-hybridized carbons (Fsp3) is 0.222. The number of hydrogen-bond donors (Lipinski definition) is 0. The van der Waals surface area contributed by atoms with Crippen LogP contribution >= 0.6 is 0 Å². The molecule has 0 aliphatic heterocycles. The van der Waals surface area contributed by atoms with E-state index in [9.17, 15) is 4.79 Å². The Labute approximate surface area is 81.0 Å². The lowest BCUT2D eigenvalue weighted by Gasteiger charge is -1.96. The molecule has 0 aliphatic carbocycles. The van der Waals surface area contributed by atoms with Crippen LogP contribution in [-0.2, 0) is 13.6 Å². The van der Waals surface area contributed by atoms with Crippen molar-refractivity contribution in [1.29, 1.82) is 0 Å². The highest BCUT2D eigenvalue weighted by atomic mass is 16.1. The predicted molar refractivity (Wildman–Crippen MR) is 49.8 cm³/mol. The largest absolute Gasteiger partial charge is 0.357 e. The summed E-state index contributed by atoms with van der Waals surface area (Å²) in [4.78, 5) is 15.4. The zero-order chi connectivity index (χ0) is 9.97. The molecule has 0 amide bonds. The minimum absolute atomic E-state index is 0.0381. The third-order valence-electron chi connectivity index (χ3n) is 1.93. The minimum Gasteiger partial charge on any atom is -0.357 e. The van der Waals surface area contributed by atoms with Crippen LogP contribution in [0.5, 0.6) is 0 Å². The molecular formula is C9H10N4O. The first kappa shape index (κ1) is 8.68. The highest BCUT2D eigenvalue weighted by Crippen LogP contribution is 2.02. The fourth-order valence-electron chi connectivity index (χ4n) is 1.22. The van der Waals surface area contributed by atoms with Gasteiger partial charge in [0.05, 0.1) is 0 Å². The number of ketones is 1. The zero-order valence-corrected chi connectivity index (χ0v) is 7.79. The molecule has 0 aromatic carbocycles. The quantitative estimate of drug-likeness (QED) is 0.662. The molecule has 0 N–H and O–H groups in total. The lowest BCUT2D eigenvalue weighted by atomic mass is 10.2. The standard InChI is InChI=1S/C9H10N4O/c1-12-3-2-8(4-12)9(14)5-13-7-10-6-11-13/h2-4,6-7H,5H2,1H3. The van der Waals surface area contributed by atoms with E-state index >= 15 is 0 Å². The Kier molecular flexibility index (Phi) is 2.14. The van der Waals surface area contributed by atoms with E-state index in [0.717, 1.165) is 0 Å². The molecule has 5 nitrogen and oxygen atoms in total. The summed E-state index contributed by atoms with van der Waals surface area (Å²) in [6.07, 6.45) is 6.58. The SMILES string of the molecule is Cn1ccc(C(=O)Cn2cncn2)c1. The topological polar surface area (TPSA) is 52.7 Å². The van der Waals surface area contributed by atoms with Crippen molar-refractivity contribution in [3.63, 3.8) is 0 Å². The van der Waals surface area contributed by atoms with Gasteiger partial charge in [0.1, 0.15) is 19.2 Å². The average Bonchev–Trinajstić information content (AvgIpc) is 2.75. The number of hydrogen-bond acceptors (Lipinski definition) is 3. The number of Topliss-reactive ketones (excluding diaryl/α,β-unsaturated/α-hetero) is 1. The van der Waals surface area contributed by atoms with Gasteiger partial charge in [0.25, 0.3) is 0 Å². The lowest BCUT2D eigenvalue weighted by molar-refractivity contribution is 0.0967. The van der Waals surface area contributed by atoms with Gasteiger partial charge in [0.15, 0.2) is 5.78 Å². The van der Waals surface area contributed by atoms with Gasteiger partial charge in [-0.1, -0.05) is 0 Å². The van der Waals surface area contributed by atoms with E-state index in [1.54, 1.807) is 12.3 Å². The van der Waals surface area contributed by atoms with Crippen molar-refractivity contribution >= 4 is 5.78 Å². The highest BCUT2D eigenvalue weighted by Gasteiger charge is 2.07. The Hall–Kier alpha value is -1.91. The molecule has 0 bridgehead atoms. The maximum Gasteiger partial charge on any atom is 0.185 e. The van der Waals surface area contributed by atoms with Gasteiger partial charge in [0, 0.05) is 25.0 Å². The summed E-state index contributed by atoms with van der Waals surface area (Å²) in [6, 6.07) is 1.79. The Morgan fingerprint density at radius 3 is 3.00 bits per heavy atom. The van der Waals surface area contributed by atoms with E-state index in [1.807, 2.05) is 17.8 Å². The smallest absolute Gasteiger partial charge is 0.185 e. The molecule has 0 atom stereocenters. The van der Waals surface area contributed by atoms with Gasteiger partial charge >= 0.3 is 0 Å². The third kappa shape index (κ3) is 1.71. The van der Waals surface area contributed by atoms with Crippen molar-refractivity contribution in [3.8, 4) is 0 Å². The van der Waals surface area contributed by atoms with Gasteiger partial charge in [-0.2, -0.15) is 5.10 Å². The highest BCUT2D eigenvalue weighted by molar-refractivity contribution is 5.95. The monoisotopic (exact) mass is 190 g/mol. The van der Waals surface area contributed by atoms with Gasteiger partial charge in [-0.3, -0.25) is 4.79 Å². The van der Waals surface area contributed by atoms with E-state index in [-0.39, 0.29) is 12.3 Å². The van der Waals surface area contributed by atoms with Crippen molar-refractivity contribution in [3.05, 3.63) is 36.7 Å². The molecule has 0 aliphatic rings. The van der Waals surface area contributed by atoms with E-state index in [2.05, 4.69) is 10.1 Å². The molecule has 0 spiro atoms. The van der Waals surface area contributed by atoms with Crippen LogP contribution in [0.4, 0.5) is 0 Å². The Balaban J connectivity index is 2.10. The summed E-state index contributed by atoms with van der Waals surface area (Å²) in [7, 11) is 1.88. The molecule has 72 valence electrons. The number of carbonyl (C=O) groups is 1. The molecule has 2 aromatic rings. The number of nitrogens with zero attached hydrogens (tertiary/aromatic N) is 4. The second kappa shape index (κ2) is 3.45. The predicted octanol–water partition coefficient (Wildman–Crippen LogP) is 0.499. The van der Waals surface area contributed by atoms with Crippen LogP contribution in [0.2, 0.25) is 0 Å². The summed E-state index contributed by atoms with van der Waals surface area (Å²) in [6.45, 7) is 0.240. The van der Waals surface area contributed by atoms with Crippen LogP contribution in [0.15, 0.2) is 31.1 Å². The molecule has 14 heavy (non-hydrogen) atoms. The second-order valence-electron chi connectivity index (χ2n) is 3.08. The molecule has 2 heterocycles. The summed E-state index contributed by atoms with van der Waals surface area (Å²) in [5, 5.41) is 3.87. The molecule has 0 saturated heterocycles. The summed E-state index contributed by atoms with van der Waals surface area (Å²) in [5.41, 5.74) is 0.697. The summed E-state index contributed by atoms with van der Waals surface area (Å²) in [5.74, 6) is 0.0381. The lowest BCUT2D eigenvalue weighted by Crippen LogP contribution is -2.10. The first-order chi connectivity index (χ1) is 6.75. The number of aromatic nitrogens is 4. The van der Waals surface area contributed by atoms with Crippen LogP contribution in [0, 0.1) is 0 Å². The maximum atomic E-state index is 11.6. The van der Waals surface area contributed by atoms with E-state index < -0.39 is 0 Å². The van der Waals surface area contributed by atoms with Crippen molar-refractivity contribution in [2.45, 2.75) is 6.54 Å². The first-order valence-corrected chi connectivity index (χ1v) is 4.23.